The molecular weight excluding hydrogens is 224 g/mol. The van der Waals surface area contributed by atoms with Gasteiger partial charge in [-0.3, -0.25) is 14.5 Å². The number of carbonyl (C=O) groups is 1. The molecule has 0 rings (SSSR count). The van der Waals surface area contributed by atoms with E-state index in [4.69, 9.17) is 0 Å². The molecule has 0 aliphatic heterocycles. The number of carbonyl (C=O) groups excluding carboxylic acids is 1. The largest absolute Gasteiger partial charge is 0.288 e. The fourth-order valence-corrected chi connectivity index (χ4v) is 2.34. The first-order valence-corrected chi connectivity index (χ1v) is 6.80. The molecule has 0 radical (unpaired) electrons. The van der Waals surface area contributed by atoms with Crippen LogP contribution in [0.5, 0.6) is 0 Å². The molecule has 0 aromatic rings. The van der Waals surface area contributed by atoms with E-state index < -0.39 is 11.0 Å². The van der Waals surface area contributed by atoms with Gasteiger partial charge in [-0.1, -0.05) is 20.3 Å². The lowest BCUT2D eigenvalue weighted by Crippen LogP contribution is -2.37. The van der Waals surface area contributed by atoms with Crippen molar-refractivity contribution in [1.29, 1.82) is 0 Å². The van der Waals surface area contributed by atoms with Crippen molar-refractivity contribution < 1.29 is 9.00 Å². The Morgan fingerprint density at radius 3 is 2.44 bits per heavy atom. The lowest BCUT2D eigenvalue weighted by Gasteiger charge is -2.18. The third kappa shape index (κ3) is 4.88. The lowest BCUT2D eigenvalue weighted by molar-refractivity contribution is -0.113. The van der Waals surface area contributed by atoms with Gasteiger partial charge < -0.3 is 0 Å². The molecule has 5 heteroatoms. The summed E-state index contributed by atoms with van der Waals surface area (Å²) >= 11 is 0. The fourth-order valence-electron chi connectivity index (χ4n) is 1.26. The Morgan fingerprint density at radius 2 is 2.00 bits per heavy atom. The van der Waals surface area contributed by atoms with Gasteiger partial charge in [-0.2, -0.15) is 0 Å². The van der Waals surface area contributed by atoms with Gasteiger partial charge in [0.2, 0.25) is 0 Å². The number of nitrogens with one attached hydrogen (secondary N) is 1. The molecule has 0 spiro atoms. The van der Waals surface area contributed by atoms with Crippen LogP contribution in [0.2, 0.25) is 0 Å². The van der Waals surface area contributed by atoms with Crippen molar-refractivity contribution in [1.82, 2.24) is 4.72 Å². The zero-order valence-electron chi connectivity index (χ0n) is 10.7. The highest BCUT2D eigenvalue weighted by Gasteiger charge is 2.20. The summed E-state index contributed by atoms with van der Waals surface area (Å²) in [6, 6.07) is 0. The smallest absolute Gasteiger partial charge is 0.276 e. The van der Waals surface area contributed by atoms with Gasteiger partial charge in [0.15, 0.2) is 0 Å². The first-order valence-electron chi connectivity index (χ1n) is 5.58. The van der Waals surface area contributed by atoms with Crippen LogP contribution in [0.25, 0.3) is 0 Å². The zero-order chi connectivity index (χ0) is 12.7. The molecule has 3 atom stereocenters. The molecule has 0 aliphatic carbocycles. The number of aliphatic imine (C=N–C) groups is 1. The van der Waals surface area contributed by atoms with Gasteiger partial charge in [-0.15, -0.1) is 0 Å². The molecule has 0 bridgehead atoms. The van der Waals surface area contributed by atoms with E-state index in [1.165, 1.54) is 0 Å². The maximum atomic E-state index is 11.8. The van der Waals surface area contributed by atoms with Crippen LogP contribution in [0, 0.1) is 5.92 Å². The van der Waals surface area contributed by atoms with Crippen LogP contribution in [-0.4, -0.2) is 28.1 Å². The minimum Gasteiger partial charge on any atom is -0.288 e. The number of rotatable bonds is 6. The van der Waals surface area contributed by atoms with Gasteiger partial charge >= 0.3 is 0 Å². The van der Waals surface area contributed by atoms with E-state index in [9.17, 15) is 9.00 Å². The Hall–Kier alpha value is -0.710. The van der Waals surface area contributed by atoms with Gasteiger partial charge in [0.05, 0.1) is 11.0 Å². The van der Waals surface area contributed by atoms with E-state index in [0.717, 1.165) is 12.8 Å². The molecule has 0 saturated heterocycles. The molecule has 0 heterocycles. The highest BCUT2D eigenvalue weighted by molar-refractivity contribution is 7.84. The van der Waals surface area contributed by atoms with Crippen LogP contribution in [0.1, 0.15) is 40.5 Å². The molecule has 94 valence electrons. The molecule has 0 aliphatic rings. The normalized spacial score (nSPS) is 17.7. The van der Waals surface area contributed by atoms with Gasteiger partial charge in [0.25, 0.3) is 5.91 Å². The summed E-state index contributed by atoms with van der Waals surface area (Å²) < 4.78 is 14.3. The van der Waals surface area contributed by atoms with Gasteiger partial charge in [-0.25, -0.2) is 4.21 Å². The number of hydrogen-bond acceptors (Lipinski definition) is 3. The number of nitrogens with zero attached hydrogens (tertiary/aromatic N) is 1. The van der Waals surface area contributed by atoms with E-state index in [2.05, 4.69) is 23.6 Å². The highest BCUT2D eigenvalue weighted by atomic mass is 32.2. The Balaban J connectivity index is 4.31. The number of hydrogen-bond donors (Lipinski definition) is 1. The molecule has 1 N–H and O–H groups in total. The molecule has 16 heavy (non-hydrogen) atoms. The lowest BCUT2D eigenvalue weighted by atomic mass is 10.0. The van der Waals surface area contributed by atoms with Crippen LogP contribution in [0.3, 0.4) is 0 Å². The predicted octanol–water partition coefficient (Wildman–Crippen LogP) is 1.68. The van der Waals surface area contributed by atoms with Crippen LogP contribution in [-0.2, 0) is 15.8 Å². The van der Waals surface area contributed by atoms with Crippen molar-refractivity contribution >= 4 is 22.6 Å². The minimum absolute atomic E-state index is 0.0337. The SMILES string of the molecule is CCCC(C)C(C)S(=O)NC(=O)C(C)=NC. The van der Waals surface area contributed by atoms with Crippen LogP contribution in [0.4, 0.5) is 0 Å². The Morgan fingerprint density at radius 1 is 1.44 bits per heavy atom. The molecule has 3 unspecified atom stereocenters. The quantitative estimate of drug-likeness (QED) is 0.725. The maximum absolute atomic E-state index is 11.8. The van der Waals surface area contributed by atoms with E-state index >= 15 is 0 Å². The second kappa shape index (κ2) is 7.54. The molecule has 0 fully saturated rings. The molecular formula is C11H22N2O2S. The van der Waals surface area contributed by atoms with Crippen molar-refractivity contribution in [3.63, 3.8) is 0 Å². The third-order valence-electron chi connectivity index (χ3n) is 2.74. The standard InChI is InChI=1S/C11H22N2O2S/c1-6-7-8(2)10(4)16(15)13-11(14)9(3)12-5/h8,10H,6-7H2,1-5H3,(H,13,14). The van der Waals surface area contributed by atoms with Gasteiger partial charge in [0, 0.05) is 7.05 Å². The zero-order valence-corrected chi connectivity index (χ0v) is 11.6. The maximum Gasteiger partial charge on any atom is 0.276 e. The molecule has 0 saturated carbocycles. The van der Waals surface area contributed by atoms with E-state index in [1.54, 1.807) is 14.0 Å². The second-order valence-corrected chi connectivity index (χ2v) is 5.55. The fraction of sp³-hybridized carbons (Fsp3) is 0.818. The highest BCUT2D eigenvalue weighted by Crippen LogP contribution is 2.14. The van der Waals surface area contributed by atoms with Crippen molar-refractivity contribution in [3.8, 4) is 0 Å². The average Bonchev–Trinajstić information content (AvgIpc) is 2.26. The van der Waals surface area contributed by atoms with Gasteiger partial charge in [0.1, 0.15) is 11.0 Å². The average molecular weight is 246 g/mol. The summed E-state index contributed by atoms with van der Waals surface area (Å²) in [5.74, 6) is -0.0126. The topological polar surface area (TPSA) is 58.5 Å². The summed E-state index contributed by atoms with van der Waals surface area (Å²) in [7, 11) is 0.214. The summed E-state index contributed by atoms with van der Waals surface area (Å²) in [6.45, 7) is 7.65. The van der Waals surface area contributed by atoms with Gasteiger partial charge in [-0.05, 0) is 26.2 Å². The Kier molecular flexibility index (Phi) is 7.21. The Labute approximate surface area is 101 Å². The molecule has 4 nitrogen and oxygen atoms in total. The summed E-state index contributed by atoms with van der Waals surface area (Å²) in [6.07, 6.45) is 2.08. The van der Waals surface area contributed by atoms with Crippen molar-refractivity contribution in [2.24, 2.45) is 10.9 Å². The second-order valence-electron chi connectivity index (χ2n) is 4.01. The summed E-state index contributed by atoms with van der Waals surface area (Å²) in [5, 5.41) is -0.0337. The Bertz CT molecular complexity index is 290. The first kappa shape index (κ1) is 15.3. The van der Waals surface area contributed by atoms with Crippen molar-refractivity contribution in [2.45, 2.75) is 45.8 Å². The van der Waals surface area contributed by atoms with Crippen molar-refractivity contribution in [2.75, 3.05) is 7.05 Å². The van der Waals surface area contributed by atoms with Crippen molar-refractivity contribution in [3.05, 3.63) is 0 Å². The molecule has 1 amide bonds. The predicted molar refractivity (Wildman–Crippen MR) is 68.9 cm³/mol. The molecule has 0 aromatic carbocycles. The summed E-state index contributed by atoms with van der Waals surface area (Å²) in [4.78, 5) is 15.2. The van der Waals surface area contributed by atoms with E-state index in [1.807, 2.05) is 6.92 Å². The number of amides is 1. The summed E-state index contributed by atoms with van der Waals surface area (Å²) in [5.41, 5.74) is 0.351. The van der Waals surface area contributed by atoms with Crippen LogP contribution >= 0.6 is 0 Å². The van der Waals surface area contributed by atoms with E-state index in [0.29, 0.717) is 11.6 Å². The third-order valence-corrected chi connectivity index (χ3v) is 4.27. The molecule has 0 aromatic heterocycles. The first-order chi connectivity index (χ1) is 7.43. The van der Waals surface area contributed by atoms with Crippen LogP contribution in [0.15, 0.2) is 4.99 Å². The van der Waals surface area contributed by atoms with Crippen LogP contribution < -0.4 is 4.72 Å². The van der Waals surface area contributed by atoms with E-state index in [-0.39, 0.29) is 11.2 Å². The monoisotopic (exact) mass is 246 g/mol. The minimum atomic E-state index is -1.33.